The average molecular weight is 213 g/mol. The van der Waals surface area contributed by atoms with Gasteiger partial charge in [0.05, 0.1) is 5.69 Å². The Balaban J connectivity index is 2.68. The van der Waals surface area contributed by atoms with Crippen molar-refractivity contribution in [1.29, 1.82) is 0 Å². The first-order chi connectivity index (χ1) is 7.88. The number of hydrogen-bond donors (Lipinski definition) is 0. The fourth-order valence-electron chi connectivity index (χ4n) is 1.34. The largest absolute Gasteiger partial charge is 0.0979 e. The van der Waals surface area contributed by atoms with Gasteiger partial charge >= 0.3 is 0 Å². The fourth-order valence-corrected chi connectivity index (χ4v) is 1.34. The van der Waals surface area contributed by atoms with E-state index in [0.29, 0.717) is 5.69 Å². The summed E-state index contributed by atoms with van der Waals surface area (Å²) < 4.78 is 0. The molecular formula is C13H15N3. The van der Waals surface area contributed by atoms with Gasteiger partial charge in [0.1, 0.15) is 0 Å². The average Bonchev–Trinajstić information content (AvgIpc) is 2.31. The molecule has 0 N–H and O–H groups in total. The fraction of sp³-hybridized carbons (Fsp3) is 0.385. The van der Waals surface area contributed by atoms with Crippen LogP contribution in [-0.2, 0) is 0 Å². The summed E-state index contributed by atoms with van der Waals surface area (Å²) in [4.78, 5) is 2.78. The molecule has 0 atom stereocenters. The third-order valence-electron chi connectivity index (χ3n) is 2.18. The van der Waals surface area contributed by atoms with Crippen LogP contribution in [0.1, 0.15) is 38.2 Å². The summed E-state index contributed by atoms with van der Waals surface area (Å²) in [6, 6.07) is 7.38. The van der Waals surface area contributed by atoms with Gasteiger partial charge < -0.3 is 0 Å². The van der Waals surface area contributed by atoms with Gasteiger partial charge in [-0.2, -0.15) is 0 Å². The molecule has 3 heteroatoms. The molecule has 0 spiro atoms. The predicted molar refractivity (Wildman–Crippen MR) is 66.3 cm³/mol. The smallest absolute Gasteiger partial charge is 0.0531 e. The van der Waals surface area contributed by atoms with Crippen molar-refractivity contribution < 1.29 is 0 Å². The Labute approximate surface area is 96.1 Å². The topological polar surface area (TPSA) is 48.8 Å². The van der Waals surface area contributed by atoms with Crippen LogP contribution in [0.25, 0.3) is 10.4 Å². The first kappa shape index (κ1) is 12.2. The Morgan fingerprint density at radius 3 is 2.88 bits per heavy atom. The van der Waals surface area contributed by atoms with Crippen LogP contribution >= 0.6 is 0 Å². The Kier molecular flexibility index (Phi) is 5.62. The Morgan fingerprint density at radius 1 is 1.31 bits per heavy atom. The van der Waals surface area contributed by atoms with E-state index in [1.54, 1.807) is 6.07 Å². The molecule has 0 aliphatic carbocycles. The lowest BCUT2D eigenvalue weighted by atomic mass is 10.1. The highest BCUT2D eigenvalue weighted by atomic mass is 15.1. The summed E-state index contributed by atoms with van der Waals surface area (Å²) in [6.45, 7) is 2.17. The zero-order valence-electron chi connectivity index (χ0n) is 9.48. The Bertz CT molecular complexity index is 434. The van der Waals surface area contributed by atoms with Crippen molar-refractivity contribution in [2.75, 3.05) is 0 Å². The summed E-state index contributed by atoms with van der Waals surface area (Å²) in [5.74, 6) is 6.14. The van der Waals surface area contributed by atoms with Gasteiger partial charge in [-0.25, -0.2) is 0 Å². The second kappa shape index (κ2) is 7.39. The molecule has 1 aromatic rings. The second-order valence-electron chi connectivity index (χ2n) is 3.47. The van der Waals surface area contributed by atoms with Crippen LogP contribution in [-0.4, -0.2) is 0 Å². The van der Waals surface area contributed by atoms with Crippen molar-refractivity contribution >= 4 is 5.69 Å². The SMILES string of the molecule is CCCCCC#Cc1ccccc1N=[N+]=[N-]. The first-order valence-corrected chi connectivity index (χ1v) is 5.51. The van der Waals surface area contributed by atoms with Gasteiger partial charge in [0, 0.05) is 16.9 Å². The summed E-state index contributed by atoms with van der Waals surface area (Å²) in [5, 5.41) is 3.60. The minimum Gasteiger partial charge on any atom is -0.0979 e. The highest BCUT2D eigenvalue weighted by molar-refractivity contribution is 5.54. The molecule has 0 saturated heterocycles. The van der Waals surface area contributed by atoms with Gasteiger partial charge in [-0.1, -0.05) is 54.9 Å². The Hall–Kier alpha value is -1.91. The molecule has 82 valence electrons. The maximum atomic E-state index is 8.40. The minimum absolute atomic E-state index is 0.605. The summed E-state index contributed by atoms with van der Waals surface area (Å²) in [5.41, 5.74) is 9.80. The number of hydrogen-bond acceptors (Lipinski definition) is 1. The number of azide groups is 1. The van der Waals surface area contributed by atoms with Crippen molar-refractivity contribution in [3.05, 3.63) is 40.3 Å². The van der Waals surface area contributed by atoms with Gasteiger partial charge in [0.15, 0.2) is 0 Å². The van der Waals surface area contributed by atoms with Crippen LogP contribution in [0.4, 0.5) is 5.69 Å². The zero-order chi connectivity index (χ0) is 11.6. The molecule has 16 heavy (non-hydrogen) atoms. The molecule has 0 fully saturated rings. The molecule has 1 rings (SSSR count). The molecule has 3 nitrogen and oxygen atoms in total. The number of unbranched alkanes of at least 4 members (excludes halogenated alkanes) is 3. The van der Waals surface area contributed by atoms with Crippen molar-refractivity contribution in [2.24, 2.45) is 5.11 Å². The molecule has 0 radical (unpaired) electrons. The monoisotopic (exact) mass is 213 g/mol. The van der Waals surface area contributed by atoms with Crippen molar-refractivity contribution in [2.45, 2.75) is 32.6 Å². The predicted octanol–water partition coefficient (Wildman–Crippen LogP) is 4.56. The molecule has 0 aliphatic rings. The summed E-state index contributed by atoms with van der Waals surface area (Å²) in [7, 11) is 0. The van der Waals surface area contributed by atoms with Crippen LogP contribution in [0.3, 0.4) is 0 Å². The van der Waals surface area contributed by atoms with E-state index >= 15 is 0 Å². The molecule has 0 saturated carbocycles. The highest BCUT2D eigenvalue weighted by Crippen LogP contribution is 2.17. The van der Waals surface area contributed by atoms with E-state index in [0.717, 1.165) is 18.4 Å². The summed E-state index contributed by atoms with van der Waals surface area (Å²) >= 11 is 0. The minimum atomic E-state index is 0.605. The number of rotatable bonds is 4. The van der Waals surface area contributed by atoms with Crippen molar-refractivity contribution in [1.82, 2.24) is 0 Å². The van der Waals surface area contributed by atoms with E-state index in [1.165, 1.54) is 12.8 Å². The molecule has 0 aromatic heterocycles. The van der Waals surface area contributed by atoms with E-state index < -0.39 is 0 Å². The molecule has 1 aromatic carbocycles. The van der Waals surface area contributed by atoms with Gasteiger partial charge in [-0.05, 0) is 18.0 Å². The standard InChI is InChI=1S/C13H15N3/c1-2-3-4-5-6-9-12-10-7-8-11-13(12)15-16-14/h7-8,10-11H,2-5H2,1H3. The van der Waals surface area contributed by atoms with E-state index in [2.05, 4.69) is 28.8 Å². The maximum Gasteiger partial charge on any atom is 0.0531 e. The van der Waals surface area contributed by atoms with Crippen LogP contribution in [0.5, 0.6) is 0 Å². The molecule has 0 amide bonds. The van der Waals surface area contributed by atoms with Crippen molar-refractivity contribution in [3.8, 4) is 11.8 Å². The quantitative estimate of drug-likeness (QED) is 0.231. The Morgan fingerprint density at radius 2 is 2.12 bits per heavy atom. The molecule has 0 heterocycles. The van der Waals surface area contributed by atoms with E-state index in [4.69, 9.17) is 5.53 Å². The van der Waals surface area contributed by atoms with Crippen LogP contribution in [0, 0.1) is 11.8 Å². The second-order valence-corrected chi connectivity index (χ2v) is 3.47. The lowest BCUT2D eigenvalue weighted by Crippen LogP contribution is -1.75. The first-order valence-electron chi connectivity index (χ1n) is 5.51. The highest BCUT2D eigenvalue weighted by Gasteiger charge is 1.93. The van der Waals surface area contributed by atoms with Gasteiger partial charge in [0.25, 0.3) is 0 Å². The number of benzene rings is 1. The third kappa shape index (κ3) is 4.08. The van der Waals surface area contributed by atoms with E-state index in [9.17, 15) is 0 Å². The molecule has 0 aliphatic heterocycles. The lowest BCUT2D eigenvalue weighted by Gasteiger charge is -1.95. The summed E-state index contributed by atoms with van der Waals surface area (Å²) in [6.07, 6.45) is 4.45. The molecular weight excluding hydrogens is 198 g/mol. The van der Waals surface area contributed by atoms with E-state index in [1.807, 2.05) is 18.2 Å². The van der Waals surface area contributed by atoms with Gasteiger partial charge in [0.2, 0.25) is 0 Å². The molecule has 0 bridgehead atoms. The lowest BCUT2D eigenvalue weighted by molar-refractivity contribution is 0.737. The van der Waals surface area contributed by atoms with Crippen LogP contribution in [0.15, 0.2) is 29.4 Å². The van der Waals surface area contributed by atoms with Gasteiger partial charge in [-0.15, -0.1) is 0 Å². The number of nitrogens with zero attached hydrogens (tertiary/aromatic N) is 3. The van der Waals surface area contributed by atoms with Crippen LogP contribution < -0.4 is 0 Å². The molecule has 0 unspecified atom stereocenters. The van der Waals surface area contributed by atoms with E-state index in [-0.39, 0.29) is 0 Å². The van der Waals surface area contributed by atoms with Gasteiger partial charge in [-0.3, -0.25) is 0 Å². The maximum absolute atomic E-state index is 8.40. The normalized spacial score (nSPS) is 8.81. The van der Waals surface area contributed by atoms with Crippen LogP contribution in [0.2, 0.25) is 0 Å². The van der Waals surface area contributed by atoms with Crippen molar-refractivity contribution in [3.63, 3.8) is 0 Å². The zero-order valence-corrected chi connectivity index (χ0v) is 9.48. The third-order valence-corrected chi connectivity index (χ3v) is 2.18.